The van der Waals surface area contributed by atoms with Crippen LogP contribution in [-0.2, 0) is 4.79 Å². The number of carbonyl (C=O) groups is 1. The Morgan fingerprint density at radius 2 is 2.00 bits per heavy atom. The molecule has 0 N–H and O–H groups in total. The molecule has 1 aliphatic rings. The van der Waals surface area contributed by atoms with Gasteiger partial charge in [0.25, 0.3) is 5.91 Å². The highest BCUT2D eigenvalue weighted by molar-refractivity contribution is 5.84. The summed E-state index contributed by atoms with van der Waals surface area (Å²) in [5, 5.41) is 2.32. The Balaban J connectivity index is 1.64. The molecule has 1 aliphatic heterocycles. The Morgan fingerprint density at radius 1 is 1.18 bits per heavy atom. The Bertz CT molecular complexity index is 653. The number of rotatable bonds is 4. The minimum Gasteiger partial charge on any atom is -0.484 e. The van der Waals surface area contributed by atoms with E-state index in [1.54, 1.807) is 0 Å². The van der Waals surface area contributed by atoms with Crippen molar-refractivity contribution in [2.24, 2.45) is 0 Å². The van der Waals surface area contributed by atoms with Crippen molar-refractivity contribution in [1.29, 1.82) is 0 Å². The second-order valence-corrected chi connectivity index (χ2v) is 5.94. The summed E-state index contributed by atoms with van der Waals surface area (Å²) < 4.78 is 5.73. The Labute approximate surface area is 131 Å². The molecule has 1 fully saturated rings. The number of amides is 1. The number of hydrogen-bond acceptors (Lipinski definition) is 2. The van der Waals surface area contributed by atoms with Crippen LogP contribution < -0.4 is 4.74 Å². The normalized spacial score (nSPS) is 18.4. The van der Waals surface area contributed by atoms with Gasteiger partial charge in [-0.2, -0.15) is 0 Å². The highest BCUT2D eigenvalue weighted by Gasteiger charge is 2.25. The molecule has 0 spiro atoms. The first-order chi connectivity index (χ1) is 10.8. The Morgan fingerprint density at radius 3 is 2.82 bits per heavy atom. The van der Waals surface area contributed by atoms with Gasteiger partial charge in [0.05, 0.1) is 0 Å². The highest BCUT2D eigenvalue weighted by Crippen LogP contribution is 2.22. The molecule has 3 rings (SSSR count). The smallest absolute Gasteiger partial charge is 0.260 e. The van der Waals surface area contributed by atoms with Crippen molar-refractivity contribution in [3.05, 3.63) is 42.5 Å². The summed E-state index contributed by atoms with van der Waals surface area (Å²) in [5.41, 5.74) is 0. The van der Waals surface area contributed by atoms with Crippen LogP contribution in [0, 0.1) is 0 Å². The second kappa shape index (κ2) is 6.82. The zero-order valence-electron chi connectivity index (χ0n) is 13.1. The third-order valence-electron chi connectivity index (χ3n) is 4.50. The molecule has 2 aromatic carbocycles. The van der Waals surface area contributed by atoms with E-state index < -0.39 is 0 Å². The number of piperidine rings is 1. The van der Waals surface area contributed by atoms with Crippen molar-refractivity contribution < 1.29 is 9.53 Å². The Kier molecular flexibility index (Phi) is 4.62. The number of benzene rings is 2. The first-order valence-corrected chi connectivity index (χ1v) is 8.19. The SMILES string of the molecule is CC[C@H]1CCCCN1C(=O)COc1ccc2ccccc2c1. The van der Waals surface area contributed by atoms with Crippen molar-refractivity contribution >= 4 is 16.7 Å². The van der Waals surface area contributed by atoms with Crippen molar-refractivity contribution in [3.8, 4) is 5.75 Å². The summed E-state index contributed by atoms with van der Waals surface area (Å²) >= 11 is 0. The van der Waals surface area contributed by atoms with E-state index in [2.05, 4.69) is 19.1 Å². The van der Waals surface area contributed by atoms with Gasteiger partial charge in [-0.15, -0.1) is 0 Å². The highest BCUT2D eigenvalue weighted by atomic mass is 16.5. The van der Waals surface area contributed by atoms with Gasteiger partial charge in [-0.25, -0.2) is 0 Å². The van der Waals surface area contributed by atoms with Crippen LogP contribution in [0.3, 0.4) is 0 Å². The number of hydrogen-bond donors (Lipinski definition) is 0. The van der Waals surface area contributed by atoms with Gasteiger partial charge in [-0.05, 0) is 48.6 Å². The summed E-state index contributed by atoms with van der Waals surface area (Å²) in [6, 6.07) is 14.5. The number of carbonyl (C=O) groups excluding carboxylic acids is 1. The van der Waals surface area contributed by atoms with Gasteiger partial charge in [-0.1, -0.05) is 37.3 Å². The summed E-state index contributed by atoms with van der Waals surface area (Å²) in [4.78, 5) is 14.4. The molecule has 0 radical (unpaired) electrons. The summed E-state index contributed by atoms with van der Waals surface area (Å²) in [6.45, 7) is 3.16. The molecule has 1 heterocycles. The molecule has 1 atom stereocenters. The van der Waals surface area contributed by atoms with Crippen LogP contribution in [0.2, 0.25) is 0 Å². The molecule has 3 nitrogen and oxygen atoms in total. The lowest BCUT2D eigenvalue weighted by molar-refractivity contribution is -0.137. The van der Waals surface area contributed by atoms with Gasteiger partial charge >= 0.3 is 0 Å². The van der Waals surface area contributed by atoms with Crippen LogP contribution in [-0.4, -0.2) is 30.0 Å². The predicted molar refractivity (Wildman–Crippen MR) is 89.1 cm³/mol. The maximum atomic E-state index is 12.4. The molecule has 116 valence electrons. The van der Waals surface area contributed by atoms with Crippen LogP contribution in [0.1, 0.15) is 32.6 Å². The lowest BCUT2D eigenvalue weighted by Gasteiger charge is -2.35. The zero-order chi connectivity index (χ0) is 15.4. The molecule has 0 aromatic heterocycles. The molecular formula is C19H23NO2. The third-order valence-corrected chi connectivity index (χ3v) is 4.50. The van der Waals surface area contributed by atoms with Gasteiger partial charge in [-0.3, -0.25) is 4.79 Å². The molecule has 1 amide bonds. The summed E-state index contributed by atoms with van der Waals surface area (Å²) in [6.07, 6.45) is 4.49. The maximum Gasteiger partial charge on any atom is 0.260 e. The van der Waals surface area contributed by atoms with Crippen LogP contribution in [0.4, 0.5) is 0 Å². The number of nitrogens with zero attached hydrogens (tertiary/aromatic N) is 1. The monoisotopic (exact) mass is 297 g/mol. The average molecular weight is 297 g/mol. The van der Waals surface area contributed by atoms with E-state index in [9.17, 15) is 4.79 Å². The van der Waals surface area contributed by atoms with Crippen molar-refractivity contribution in [1.82, 2.24) is 4.90 Å². The lowest BCUT2D eigenvalue weighted by atomic mass is 10.00. The van der Waals surface area contributed by atoms with Gasteiger partial charge in [0.15, 0.2) is 6.61 Å². The minimum absolute atomic E-state index is 0.111. The number of ether oxygens (including phenoxy) is 1. The van der Waals surface area contributed by atoms with E-state index in [-0.39, 0.29) is 12.5 Å². The quantitative estimate of drug-likeness (QED) is 0.853. The van der Waals surface area contributed by atoms with Crippen molar-refractivity contribution in [2.75, 3.05) is 13.2 Å². The minimum atomic E-state index is 0.111. The first-order valence-electron chi connectivity index (χ1n) is 8.19. The van der Waals surface area contributed by atoms with E-state index in [0.717, 1.165) is 36.9 Å². The molecule has 0 bridgehead atoms. The molecule has 0 saturated carbocycles. The van der Waals surface area contributed by atoms with E-state index in [4.69, 9.17) is 4.74 Å². The van der Waals surface area contributed by atoms with Gasteiger partial charge in [0.1, 0.15) is 5.75 Å². The molecule has 1 saturated heterocycles. The number of fused-ring (bicyclic) bond motifs is 1. The van der Waals surface area contributed by atoms with Gasteiger partial charge in [0, 0.05) is 12.6 Å². The molecular weight excluding hydrogens is 274 g/mol. The molecule has 22 heavy (non-hydrogen) atoms. The summed E-state index contributed by atoms with van der Waals surface area (Å²) in [5.74, 6) is 0.872. The predicted octanol–water partition coefficient (Wildman–Crippen LogP) is 4.01. The van der Waals surface area contributed by atoms with Crippen LogP contribution in [0.5, 0.6) is 5.75 Å². The van der Waals surface area contributed by atoms with Crippen LogP contribution in [0.15, 0.2) is 42.5 Å². The zero-order valence-corrected chi connectivity index (χ0v) is 13.1. The van der Waals surface area contributed by atoms with E-state index in [1.807, 2.05) is 35.2 Å². The molecule has 2 aromatic rings. The van der Waals surface area contributed by atoms with Crippen LogP contribution in [0.25, 0.3) is 10.8 Å². The largest absolute Gasteiger partial charge is 0.484 e. The fraction of sp³-hybridized carbons (Fsp3) is 0.421. The fourth-order valence-electron chi connectivity index (χ4n) is 3.24. The molecule has 0 aliphatic carbocycles. The van der Waals surface area contributed by atoms with Crippen LogP contribution >= 0.6 is 0 Å². The average Bonchev–Trinajstić information content (AvgIpc) is 2.59. The second-order valence-electron chi connectivity index (χ2n) is 5.94. The van der Waals surface area contributed by atoms with E-state index in [1.165, 1.54) is 11.8 Å². The van der Waals surface area contributed by atoms with Crippen molar-refractivity contribution in [2.45, 2.75) is 38.6 Å². The van der Waals surface area contributed by atoms with Crippen molar-refractivity contribution in [3.63, 3.8) is 0 Å². The lowest BCUT2D eigenvalue weighted by Crippen LogP contribution is -2.45. The van der Waals surface area contributed by atoms with E-state index >= 15 is 0 Å². The summed E-state index contributed by atoms with van der Waals surface area (Å²) in [7, 11) is 0. The molecule has 3 heteroatoms. The standard InChI is InChI=1S/C19H23NO2/c1-2-17-9-5-6-12-20(17)19(21)14-22-18-11-10-15-7-3-4-8-16(15)13-18/h3-4,7-8,10-11,13,17H,2,5-6,9,12,14H2,1H3/t17-/m0/s1. The van der Waals surface area contributed by atoms with E-state index in [0.29, 0.717) is 6.04 Å². The maximum absolute atomic E-state index is 12.4. The first kappa shape index (κ1) is 14.9. The Hall–Kier alpha value is -2.03. The molecule has 0 unspecified atom stereocenters. The fourth-order valence-corrected chi connectivity index (χ4v) is 3.24. The topological polar surface area (TPSA) is 29.5 Å². The number of likely N-dealkylation sites (tertiary alicyclic amines) is 1. The van der Waals surface area contributed by atoms with Gasteiger partial charge < -0.3 is 9.64 Å². The van der Waals surface area contributed by atoms with Gasteiger partial charge in [0.2, 0.25) is 0 Å². The third kappa shape index (κ3) is 3.24.